The number of benzene rings is 2. The fourth-order valence-electron chi connectivity index (χ4n) is 3.61. The Kier molecular flexibility index (Phi) is 7.09. The van der Waals surface area contributed by atoms with E-state index in [9.17, 15) is 9.59 Å². The van der Waals surface area contributed by atoms with Crippen molar-refractivity contribution in [2.45, 2.75) is 34.1 Å². The maximum atomic E-state index is 13.3. The Balaban J connectivity index is 2.07. The highest BCUT2D eigenvalue weighted by molar-refractivity contribution is 9.10. The number of carbonyl (C=O) groups excluding carboxylic acids is 2. The van der Waals surface area contributed by atoms with E-state index >= 15 is 0 Å². The molecule has 0 aliphatic rings. The van der Waals surface area contributed by atoms with Gasteiger partial charge in [-0.05, 0) is 35.9 Å². The molecule has 1 N–H and O–H groups in total. The van der Waals surface area contributed by atoms with Crippen LogP contribution in [0.1, 0.15) is 44.7 Å². The number of amides is 1. The Morgan fingerprint density at radius 1 is 1.03 bits per heavy atom. The molecule has 180 valence electrons. The van der Waals surface area contributed by atoms with Crippen LogP contribution >= 0.6 is 39.1 Å². The zero-order valence-electron chi connectivity index (χ0n) is 19.6. The van der Waals surface area contributed by atoms with Gasteiger partial charge in [0.05, 0.1) is 16.1 Å². The SMILES string of the molecule is CCC(=O)Nc1c(C(=O)C(C)(C)C)oc2nc(-c3ccc(Br)cc3Cl)c(-c3ccc(Cl)cc3)cc12. The quantitative estimate of drug-likeness (QED) is 0.242. The third kappa shape index (κ3) is 5.15. The van der Waals surface area contributed by atoms with Gasteiger partial charge in [-0.25, -0.2) is 4.98 Å². The molecule has 0 saturated carbocycles. The number of fused-ring (bicyclic) bond motifs is 1. The topological polar surface area (TPSA) is 72.2 Å². The van der Waals surface area contributed by atoms with Crippen molar-refractivity contribution < 1.29 is 14.0 Å². The first-order chi connectivity index (χ1) is 16.5. The molecule has 0 unspecified atom stereocenters. The van der Waals surface area contributed by atoms with Crippen LogP contribution in [0.5, 0.6) is 0 Å². The first kappa shape index (κ1) is 25.4. The van der Waals surface area contributed by atoms with Crippen molar-refractivity contribution >= 4 is 67.6 Å². The van der Waals surface area contributed by atoms with E-state index in [1.807, 2.05) is 30.3 Å². The highest BCUT2D eigenvalue weighted by atomic mass is 79.9. The van der Waals surface area contributed by atoms with Gasteiger partial charge in [-0.1, -0.05) is 85.0 Å². The van der Waals surface area contributed by atoms with Gasteiger partial charge in [0.2, 0.25) is 17.4 Å². The summed E-state index contributed by atoms with van der Waals surface area (Å²) in [5.74, 6) is -0.398. The monoisotopic (exact) mass is 572 g/mol. The number of Topliss-reactive ketones (excluding diaryl/α,β-unsaturated/α-hetero) is 1. The molecule has 1 amide bonds. The van der Waals surface area contributed by atoms with Crippen LogP contribution in [0, 0.1) is 5.41 Å². The van der Waals surface area contributed by atoms with E-state index in [1.165, 1.54) is 0 Å². The highest BCUT2D eigenvalue weighted by Crippen LogP contribution is 2.42. The number of aromatic nitrogens is 1. The normalized spacial score (nSPS) is 11.6. The fraction of sp³-hybridized carbons (Fsp3) is 0.222. The second kappa shape index (κ2) is 9.76. The minimum atomic E-state index is -0.726. The summed E-state index contributed by atoms with van der Waals surface area (Å²) in [4.78, 5) is 30.4. The molecule has 8 heteroatoms. The molecule has 5 nitrogen and oxygen atoms in total. The van der Waals surface area contributed by atoms with Gasteiger partial charge in [0.15, 0.2) is 5.76 Å². The maximum absolute atomic E-state index is 13.3. The molecule has 0 spiro atoms. The molecular formula is C27H23BrCl2N2O3. The summed E-state index contributed by atoms with van der Waals surface area (Å²) in [6.07, 6.45) is 0.250. The van der Waals surface area contributed by atoms with Crippen molar-refractivity contribution in [1.29, 1.82) is 0 Å². The summed E-state index contributed by atoms with van der Waals surface area (Å²) in [5, 5.41) is 4.48. The number of halogens is 3. The number of furan rings is 1. The minimum absolute atomic E-state index is 0.0721. The van der Waals surface area contributed by atoms with Gasteiger partial charge in [-0.15, -0.1) is 0 Å². The lowest BCUT2D eigenvalue weighted by Gasteiger charge is -2.15. The van der Waals surface area contributed by atoms with Gasteiger partial charge in [0.25, 0.3) is 0 Å². The van der Waals surface area contributed by atoms with E-state index in [4.69, 9.17) is 32.6 Å². The molecule has 0 aliphatic carbocycles. The summed E-state index contributed by atoms with van der Waals surface area (Å²) in [5.41, 5.74) is 2.70. The number of anilines is 1. The number of carbonyl (C=O) groups is 2. The molecule has 0 bridgehead atoms. The Morgan fingerprint density at radius 3 is 2.31 bits per heavy atom. The predicted molar refractivity (Wildman–Crippen MR) is 145 cm³/mol. The molecule has 0 saturated heterocycles. The predicted octanol–water partition coefficient (Wildman–Crippen LogP) is 8.81. The van der Waals surface area contributed by atoms with Crippen molar-refractivity contribution in [2.24, 2.45) is 5.41 Å². The second-order valence-electron chi connectivity index (χ2n) is 9.16. The zero-order chi connectivity index (χ0) is 25.5. The second-order valence-corrected chi connectivity index (χ2v) is 10.9. The van der Waals surface area contributed by atoms with Gasteiger partial charge in [-0.2, -0.15) is 0 Å². The Morgan fingerprint density at radius 2 is 1.71 bits per heavy atom. The van der Waals surface area contributed by atoms with Crippen molar-refractivity contribution in [3.8, 4) is 22.4 Å². The van der Waals surface area contributed by atoms with Crippen molar-refractivity contribution in [1.82, 2.24) is 4.98 Å². The fourth-order valence-corrected chi connectivity index (χ4v) is 4.50. The van der Waals surface area contributed by atoms with Crippen LogP contribution < -0.4 is 5.32 Å². The summed E-state index contributed by atoms with van der Waals surface area (Å²) in [6.45, 7) is 7.14. The lowest BCUT2D eigenvalue weighted by Crippen LogP contribution is -2.21. The van der Waals surface area contributed by atoms with Crippen LogP contribution in [0.25, 0.3) is 33.5 Å². The first-order valence-corrected chi connectivity index (χ1v) is 12.6. The summed E-state index contributed by atoms with van der Waals surface area (Å²) in [6, 6.07) is 14.7. The maximum Gasteiger partial charge on any atom is 0.229 e. The third-order valence-corrected chi connectivity index (χ3v) is 6.56. The van der Waals surface area contributed by atoms with E-state index in [1.54, 1.807) is 45.9 Å². The molecule has 0 aliphatic heterocycles. The Hall–Kier alpha value is -2.67. The van der Waals surface area contributed by atoms with Gasteiger partial charge >= 0.3 is 0 Å². The summed E-state index contributed by atoms with van der Waals surface area (Å²) < 4.78 is 6.85. The number of hydrogen-bond acceptors (Lipinski definition) is 4. The zero-order valence-corrected chi connectivity index (χ0v) is 22.7. The molecule has 2 aromatic carbocycles. The molecule has 4 aromatic rings. The van der Waals surface area contributed by atoms with Crippen LogP contribution in [0.4, 0.5) is 5.69 Å². The van der Waals surface area contributed by atoms with Crippen LogP contribution in [-0.4, -0.2) is 16.7 Å². The molecule has 0 fully saturated rings. The lowest BCUT2D eigenvalue weighted by molar-refractivity contribution is -0.115. The average Bonchev–Trinajstić information content (AvgIpc) is 3.14. The van der Waals surface area contributed by atoms with Crippen LogP contribution in [-0.2, 0) is 4.79 Å². The Bertz CT molecular complexity index is 1450. The molecule has 4 rings (SSSR count). The van der Waals surface area contributed by atoms with Gasteiger partial charge in [-0.3, -0.25) is 9.59 Å². The third-order valence-electron chi connectivity index (χ3n) is 5.50. The van der Waals surface area contributed by atoms with Crippen molar-refractivity contribution in [3.63, 3.8) is 0 Å². The van der Waals surface area contributed by atoms with E-state index in [0.717, 1.165) is 15.6 Å². The molecule has 0 radical (unpaired) electrons. The number of rotatable bonds is 5. The van der Waals surface area contributed by atoms with Crippen LogP contribution in [0.15, 0.2) is 57.4 Å². The van der Waals surface area contributed by atoms with E-state index < -0.39 is 5.41 Å². The minimum Gasteiger partial charge on any atom is -0.432 e. The number of ketones is 1. The van der Waals surface area contributed by atoms with E-state index in [2.05, 4.69) is 21.2 Å². The number of hydrogen-bond donors (Lipinski definition) is 1. The molecule has 35 heavy (non-hydrogen) atoms. The van der Waals surface area contributed by atoms with Crippen LogP contribution in [0.3, 0.4) is 0 Å². The molecule has 2 aromatic heterocycles. The Labute approximate surface area is 222 Å². The van der Waals surface area contributed by atoms with Crippen molar-refractivity contribution in [2.75, 3.05) is 5.32 Å². The highest BCUT2D eigenvalue weighted by Gasteiger charge is 2.32. The number of nitrogens with one attached hydrogen (secondary N) is 1. The van der Waals surface area contributed by atoms with Crippen LogP contribution in [0.2, 0.25) is 10.0 Å². The standard InChI is InChI=1S/C27H23BrCl2N2O3/c1-5-21(33)31-23-19-13-18(14-6-9-16(29)10-7-14)22(17-11-8-15(28)12-20(17)30)32-26(19)35-24(23)25(34)27(2,3)4/h6-13H,5H2,1-4H3,(H,31,33). The molecule has 2 heterocycles. The first-order valence-electron chi connectivity index (χ1n) is 11.0. The summed E-state index contributed by atoms with van der Waals surface area (Å²) in [7, 11) is 0. The summed E-state index contributed by atoms with van der Waals surface area (Å²) >= 11 is 16.2. The lowest BCUT2D eigenvalue weighted by atomic mass is 9.88. The smallest absolute Gasteiger partial charge is 0.229 e. The van der Waals surface area contributed by atoms with E-state index in [0.29, 0.717) is 32.4 Å². The van der Waals surface area contributed by atoms with E-state index in [-0.39, 0.29) is 29.6 Å². The van der Waals surface area contributed by atoms with Gasteiger partial charge < -0.3 is 9.73 Å². The largest absolute Gasteiger partial charge is 0.432 e. The van der Waals surface area contributed by atoms with Gasteiger partial charge in [0, 0.05) is 32.5 Å². The average molecular weight is 574 g/mol. The number of nitrogens with zero attached hydrogens (tertiary/aromatic N) is 1. The molecular weight excluding hydrogens is 551 g/mol. The van der Waals surface area contributed by atoms with Gasteiger partial charge in [0.1, 0.15) is 5.69 Å². The number of pyridine rings is 1. The van der Waals surface area contributed by atoms with Crippen molar-refractivity contribution in [3.05, 3.63) is 68.8 Å². The molecule has 0 atom stereocenters.